The molecule has 2 rings (SSSR count). The van der Waals surface area contributed by atoms with E-state index >= 15 is 0 Å². The van der Waals surface area contributed by atoms with Crippen LogP contribution in [0.4, 0.5) is 10.1 Å². The Kier molecular flexibility index (Phi) is 2.97. The average molecular weight is 251 g/mol. The molecule has 0 spiro atoms. The number of hydrogen-bond donors (Lipinski definition) is 2. The van der Waals surface area contributed by atoms with Gasteiger partial charge < -0.3 is 10.6 Å². The van der Waals surface area contributed by atoms with Gasteiger partial charge in [-0.2, -0.15) is 0 Å². The number of rotatable bonds is 1. The topological polar surface area (TPSA) is 92.5 Å². The zero-order valence-corrected chi connectivity index (χ0v) is 9.27. The maximum Gasteiger partial charge on any atom is 0.256 e. The molecule has 1 aliphatic heterocycles. The molecule has 0 bridgehead atoms. The Hall–Kier alpha value is -2.44. The van der Waals surface area contributed by atoms with Crippen molar-refractivity contribution < 1.29 is 18.8 Å². The summed E-state index contributed by atoms with van der Waals surface area (Å²) in [6.45, 7) is -0.442. The molecule has 1 aromatic carbocycles. The van der Waals surface area contributed by atoms with Crippen molar-refractivity contribution in [3.8, 4) is 0 Å². The molecule has 7 heteroatoms. The number of nitrogen functional groups attached to an aromatic ring is 1. The lowest BCUT2D eigenvalue weighted by Gasteiger charge is -2.25. The second kappa shape index (κ2) is 4.44. The second-order valence-electron chi connectivity index (χ2n) is 3.86. The smallest absolute Gasteiger partial charge is 0.256 e. The van der Waals surface area contributed by atoms with Crippen LogP contribution in [0.25, 0.3) is 0 Å². The highest BCUT2D eigenvalue weighted by Gasteiger charge is 2.27. The van der Waals surface area contributed by atoms with Gasteiger partial charge in [0.15, 0.2) is 0 Å². The molecular formula is C11H10FN3O3. The van der Waals surface area contributed by atoms with Crippen LogP contribution in [0.3, 0.4) is 0 Å². The molecule has 6 nitrogen and oxygen atoms in total. The number of hydrogen-bond acceptors (Lipinski definition) is 4. The van der Waals surface area contributed by atoms with Crippen molar-refractivity contribution in [2.24, 2.45) is 0 Å². The molecule has 94 valence electrons. The molecule has 18 heavy (non-hydrogen) atoms. The van der Waals surface area contributed by atoms with E-state index in [-0.39, 0.29) is 24.3 Å². The van der Waals surface area contributed by atoms with Crippen LogP contribution in [0, 0.1) is 5.82 Å². The third-order valence-corrected chi connectivity index (χ3v) is 2.48. The highest BCUT2D eigenvalue weighted by atomic mass is 19.1. The van der Waals surface area contributed by atoms with Crippen LogP contribution < -0.4 is 11.1 Å². The SMILES string of the molecule is Nc1cc(F)ccc1C(=O)N1CC(=O)NC(=O)C1. The summed E-state index contributed by atoms with van der Waals surface area (Å²) in [6, 6.07) is 3.33. The lowest BCUT2D eigenvalue weighted by atomic mass is 10.1. The van der Waals surface area contributed by atoms with Crippen LogP contribution in [0.2, 0.25) is 0 Å². The number of nitrogens with zero attached hydrogens (tertiary/aromatic N) is 1. The number of imide groups is 1. The van der Waals surface area contributed by atoms with Gasteiger partial charge in [-0.25, -0.2) is 4.39 Å². The number of carbonyl (C=O) groups is 3. The van der Waals surface area contributed by atoms with Crippen molar-refractivity contribution >= 4 is 23.4 Å². The number of benzene rings is 1. The summed E-state index contributed by atoms with van der Waals surface area (Å²) in [4.78, 5) is 35.4. The van der Waals surface area contributed by atoms with Gasteiger partial charge in [-0.3, -0.25) is 19.7 Å². The highest BCUT2D eigenvalue weighted by Crippen LogP contribution is 2.16. The van der Waals surface area contributed by atoms with Gasteiger partial charge in [0.05, 0.1) is 5.56 Å². The van der Waals surface area contributed by atoms with Crippen molar-refractivity contribution in [2.75, 3.05) is 18.8 Å². The monoisotopic (exact) mass is 251 g/mol. The summed E-state index contributed by atoms with van der Waals surface area (Å²) in [7, 11) is 0. The lowest BCUT2D eigenvalue weighted by Crippen LogP contribution is -2.53. The van der Waals surface area contributed by atoms with Gasteiger partial charge in [0.2, 0.25) is 11.8 Å². The zero-order chi connectivity index (χ0) is 13.3. The Morgan fingerprint density at radius 1 is 1.28 bits per heavy atom. The van der Waals surface area contributed by atoms with E-state index in [1.54, 1.807) is 0 Å². The fraction of sp³-hybridized carbons (Fsp3) is 0.182. The molecular weight excluding hydrogens is 241 g/mol. The predicted molar refractivity (Wildman–Crippen MR) is 59.9 cm³/mol. The van der Waals surface area contributed by atoms with Gasteiger partial charge in [-0.1, -0.05) is 0 Å². The number of nitrogens with two attached hydrogens (primary N) is 1. The second-order valence-corrected chi connectivity index (χ2v) is 3.86. The van der Waals surface area contributed by atoms with Crippen LogP contribution in [-0.2, 0) is 9.59 Å². The summed E-state index contributed by atoms with van der Waals surface area (Å²) in [5.41, 5.74) is 5.56. The van der Waals surface area contributed by atoms with Gasteiger partial charge in [0.25, 0.3) is 5.91 Å². The van der Waals surface area contributed by atoms with E-state index in [1.165, 1.54) is 6.07 Å². The van der Waals surface area contributed by atoms with Crippen molar-refractivity contribution in [3.05, 3.63) is 29.6 Å². The molecule has 1 aromatic rings. The van der Waals surface area contributed by atoms with E-state index in [0.717, 1.165) is 17.0 Å². The quantitative estimate of drug-likeness (QED) is 0.520. The number of nitrogens with one attached hydrogen (secondary N) is 1. The van der Waals surface area contributed by atoms with E-state index in [4.69, 9.17) is 5.73 Å². The van der Waals surface area contributed by atoms with Crippen molar-refractivity contribution in [1.29, 1.82) is 0 Å². The molecule has 1 saturated heterocycles. The third-order valence-electron chi connectivity index (χ3n) is 2.48. The highest BCUT2D eigenvalue weighted by molar-refractivity contribution is 6.07. The molecule has 1 heterocycles. The lowest BCUT2D eigenvalue weighted by molar-refractivity contribution is -0.135. The predicted octanol–water partition coefficient (Wildman–Crippen LogP) is -0.494. The Morgan fingerprint density at radius 3 is 2.44 bits per heavy atom. The molecule has 1 aliphatic rings. The Morgan fingerprint density at radius 2 is 1.89 bits per heavy atom. The summed E-state index contributed by atoms with van der Waals surface area (Å²) < 4.78 is 12.9. The van der Waals surface area contributed by atoms with Crippen LogP contribution in [-0.4, -0.2) is 35.7 Å². The first-order valence-electron chi connectivity index (χ1n) is 5.14. The fourth-order valence-electron chi connectivity index (χ4n) is 1.68. The number of piperazine rings is 1. The average Bonchev–Trinajstić information content (AvgIpc) is 2.26. The molecule has 0 aromatic heterocycles. The first kappa shape index (κ1) is 12.0. The van der Waals surface area contributed by atoms with E-state index in [0.29, 0.717) is 0 Å². The Balaban J connectivity index is 2.25. The molecule has 1 fully saturated rings. The largest absolute Gasteiger partial charge is 0.398 e. The summed E-state index contributed by atoms with van der Waals surface area (Å²) >= 11 is 0. The van der Waals surface area contributed by atoms with Crippen molar-refractivity contribution in [2.45, 2.75) is 0 Å². The maximum absolute atomic E-state index is 12.9. The van der Waals surface area contributed by atoms with Crippen LogP contribution >= 0.6 is 0 Å². The van der Waals surface area contributed by atoms with Crippen molar-refractivity contribution in [3.63, 3.8) is 0 Å². The molecule has 0 atom stereocenters. The molecule has 0 aliphatic carbocycles. The minimum atomic E-state index is -0.573. The standard InChI is InChI=1S/C11H10FN3O3/c12-6-1-2-7(8(13)3-6)11(18)15-4-9(16)14-10(17)5-15/h1-3H,4-5,13H2,(H,14,16,17). The first-order valence-corrected chi connectivity index (χ1v) is 5.14. The number of anilines is 1. The van der Waals surface area contributed by atoms with Gasteiger partial charge in [0, 0.05) is 5.69 Å². The van der Waals surface area contributed by atoms with Crippen LogP contribution in [0.1, 0.15) is 10.4 Å². The molecule has 0 radical (unpaired) electrons. The Labute approximate surface area is 102 Å². The summed E-state index contributed by atoms with van der Waals surface area (Å²) in [5, 5.41) is 2.08. The number of halogens is 1. The first-order chi connectivity index (χ1) is 8.47. The third kappa shape index (κ3) is 2.29. The van der Waals surface area contributed by atoms with E-state index < -0.39 is 23.5 Å². The van der Waals surface area contributed by atoms with Gasteiger partial charge in [0.1, 0.15) is 18.9 Å². The van der Waals surface area contributed by atoms with Crippen LogP contribution in [0.5, 0.6) is 0 Å². The fourth-order valence-corrected chi connectivity index (χ4v) is 1.68. The molecule has 3 N–H and O–H groups in total. The van der Waals surface area contributed by atoms with Crippen LogP contribution in [0.15, 0.2) is 18.2 Å². The summed E-state index contributed by atoms with van der Waals surface area (Å²) in [5.74, 6) is -2.24. The summed E-state index contributed by atoms with van der Waals surface area (Å²) in [6.07, 6.45) is 0. The number of amides is 3. The van der Waals surface area contributed by atoms with Gasteiger partial charge in [-0.05, 0) is 18.2 Å². The minimum absolute atomic E-state index is 0.0292. The zero-order valence-electron chi connectivity index (χ0n) is 9.27. The van der Waals surface area contributed by atoms with E-state index in [1.807, 2.05) is 0 Å². The van der Waals surface area contributed by atoms with Crippen molar-refractivity contribution in [1.82, 2.24) is 10.2 Å². The van der Waals surface area contributed by atoms with Gasteiger partial charge in [-0.15, -0.1) is 0 Å². The normalized spacial score (nSPS) is 15.5. The maximum atomic E-state index is 12.9. The molecule has 0 unspecified atom stereocenters. The van der Waals surface area contributed by atoms with Gasteiger partial charge >= 0.3 is 0 Å². The number of carbonyl (C=O) groups excluding carboxylic acids is 3. The minimum Gasteiger partial charge on any atom is -0.398 e. The van der Waals surface area contributed by atoms with E-state index in [9.17, 15) is 18.8 Å². The Bertz CT molecular complexity index is 528. The molecule has 0 saturated carbocycles. The molecule has 3 amide bonds. The van der Waals surface area contributed by atoms with E-state index in [2.05, 4.69) is 5.32 Å².